The van der Waals surface area contributed by atoms with Gasteiger partial charge in [0.05, 0.1) is 6.73 Å². The summed E-state index contributed by atoms with van der Waals surface area (Å²) in [5.74, 6) is 0.515. The van der Waals surface area contributed by atoms with E-state index in [9.17, 15) is 0 Å². The van der Waals surface area contributed by atoms with Gasteiger partial charge in [-0.2, -0.15) is 0 Å². The topological polar surface area (TPSA) is 35.2 Å². The number of hydrogen-bond donors (Lipinski definition) is 1. The molecule has 0 unspecified atom stereocenters. The third-order valence-corrected chi connectivity index (χ3v) is 1.70. The van der Waals surface area contributed by atoms with Crippen LogP contribution in [0, 0.1) is 0 Å². The Morgan fingerprint density at radius 1 is 1.80 bits per heavy atom. The number of allylic oxidation sites excluding steroid dienone is 1. The SMILES string of the molecule is C=CC[C@H](C)B(C)OCN. The molecule has 0 bridgehead atoms. The Morgan fingerprint density at radius 2 is 2.40 bits per heavy atom. The van der Waals surface area contributed by atoms with Crippen LogP contribution in [0.5, 0.6) is 0 Å². The maximum absolute atomic E-state index is 5.22. The van der Waals surface area contributed by atoms with Gasteiger partial charge in [0.2, 0.25) is 0 Å². The number of hydrogen-bond acceptors (Lipinski definition) is 2. The summed E-state index contributed by atoms with van der Waals surface area (Å²) in [4.78, 5) is 0. The van der Waals surface area contributed by atoms with E-state index in [0.29, 0.717) is 12.5 Å². The molecule has 0 aliphatic heterocycles. The monoisotopic (exact) mass is 141 g/mol. The highest BCUT2D eigenvalue weighted by molar-refractivity contribution is 6.51. The van der Waals surface area contributed by atoms with Crippen molar-refractivity contribution in [2.75, 3.05) is 6.73 Å². The highest BCUT2D eigenvalue weighted by Gasteiger charge is 2.15. The first kappa shape index (κ1) is 9.72. The van der Waals surface area contributed by atoms with E-state index in [1.165, 1.54) is 0 Å². The fourth-order valence-electron chi connectivity index (χ4n) is 0.771. The Morgan fingerprint density at radius 3 is 2.80 bits per heavy atom. The van der Waals surface area contributed by atoms with Crippen LogP contribution in [0.15, 0.2) is 12.7 Å². The van der Waals surface area contributed by atoms with E-state index < -0.39 is 0 Å². The van der Waals surface area contributed by atoms with E-state index in [1.54, 1.807) is 0 Å². The third-order valence-electron chi connectivity index (χ3n) is 1.70. The van der Waals surface area contributed by atoms with Crippen molar-refractivity contribution >= 4 is 6.92 Å². The Hall–Kier alpha value is -0.275. The van der Waals surface area contributed by atoms with E-state index in [4.69, 9.17) is 10.4 Å². The maximum Gasteiger partial charge on any atom is 0.294 e. The smallest absolute Gasteiger partial charge is 0.294 e. The Balaban J connectivity index is 3.47. The predicted molar refractivity (Wildman–Crippen MR) is 46.0 cm³/mol. The Labute approximate surface area is 63.6 Å². The molecule has 0 aliphatic rings. The fourth-order valence-corrected chi connectivity index (χ4v) is 0.771. The molecule has 0 spiro atoms. The standard InChI is InChI=1S/C7H16BNO/c1-4-5-7(2)8(3)10-6-9/h4,7H,1,5-6,9H2,2-3H3/t7-/m0/s1. The van der Waals surface area contributed by atoms with E-state index in [-0.39, 0.29) is 6.92 Å². The molecule has 0 aromatic heterocycles. The second-order valence-electron chi connectivity index (χ2n) is 2.54. The zero-order valence-electron chi connectivity index (χ0n) is 6.84. The zero-order chi connectivity index (χ0) is 7.98. The van der Waals surface area contributed by atoms with Crippen molar-refractivity contribution in [1.29, 1.82) is 0 Å². The minimum absolute atomic E-state index is 0.239. The molecule has 2 nitrogen and oxygen atoms in total. The van der Waals surface area contributed by atoms with Gasteiger partial charge in [-0.15, -0.1) is 6.58 Å². The highest BCUT2D eigenvalue weighted by Crippen LogP contribution is 2.14. The van der Waals surface area contributed by atoms with Gasteiger partial charge in [0.15, 0.2) is 0 Å². The first-order valence-corrected chi connectivity index (χ1v) is 3.65. The second-order valence-corrected chi connectivity index (χ2v) is 2.54. The van der Waals surface area contributed by atoms with Crippen LogP contribution >= 0.6 is 0 Å². The van der Waals surface area contributed by atoms with Gasteiger partial charge in [-0.25, -0.2) is 0 Å². The van der Waals surface area contributed by atoms with Crippen molar-refractivity contribution < 1.29 is 4.65 Å². The summed E-state index contributed by atoms with van der Waals surface area (Å²) in [6.07, 6.45) is 2.89. The van der Waals surface area contributed by atoms with Crippen LogP contribution in [0.1, 0.15) is 13.3 Å². The van der Waals surface area contributed by atoms with Gasteiger partial charge >= 0.3 is 0 Å². The number of nitrogens with two attached hydrogens (primary N) is 1. The first-order valence-electron chi connectivity index (χ1n) is 3.65. The van der Waals surface area contributed by atoms with Gasteiger partial charge in [0.25, 0.3) is 6.92 Å². The molecule has 0 aromatic rings. The van der Waals surface area contributed by atoms with E-state index in [2.05, 4.69) is 13.5 Å². The van der Waals surface area contributed by atoms with Gasteiger partial charge < -0.3 is 10.4 Å². The molecule has 0 saturated heterocycles. The average molecular weight is 141 g/mol. The molecule has 0 rings (SSSR count). The summed E-state index contributed by atoms with van der Waals surface area (Å²) in [7, 11) is 0. The van der Waals surface area contributed by atoms with Gasteiger partial charge in [-0.1, -0.05) is 19.8 Å². The van der Waals surface area contributed by atoms with Crippen LogP contribution in [-0.4, -0.2) is 13.6 Å². The van der Waals surface area contributed by atoms with Crippen LogP contribution in [0.3, 0.4) is 0 Å². The Kier molecular flexibility index (Phi) is 5.35. The van der Waals surface area contributed by atoms with Crippen molar-refractivity contribution in [1.82, 2.24) is 0 Å². The molecule has 2 N–H and O–H groups in total. The summed E-state index contributed by atoms with van der Waals surface area (Å²) in [6.45, 7) is 8.36. The summed E-state index contributed by atoms with van der Waals surface area (Å²) < 4.78 is 5.19. The fraction of sp³-hybridized carbons (Fsp3) is 0.714. The van der Waals surface area contributed by atoms with E-state index in [1.807, 2.05) is 12.9 Å². The molecule has 0 saturated carbocycles. The molecule has 0 aliphatic carbocycles. The molecule has 0 heterocycles. The largest absolute Gasteiger partial charge is 0.424 e. The van der Waals surface area contributed by atoms with Crippen LogP contribution in [0.2, 0.25) is 12.6 Å². The van der Waals surface area contributed by atoms with E-state index >= 15 is 0 Å². The normalized spacial score (nSPS) is 12.7. The lowest BCUT2D eigenvalue weighted by atomic mass is 9.58. The van der Waals surface area contributed by atoms with Gasteiger partial charge in [0.1, 0.15) is 0 Å². The van der Waals surface area contributed by atoms with Crippen LogP contribution in [0.4, 0.5) is 0 Å². The molecular weight excluding hydrogens is 125 g/mol. The lowest BCUT2D eigenvalue weighted by molar-refractivity contribution is 0.328. The van der Waals surface area contributed by atoms with E-state index in [0.717, 1.165) is 6.42 Å². The number of rotatable bonds is 5. The molecular formula is C7H16BNO. The van der Waals surface area contributed by atoms with Crippen LogP contribution in [-0.2, 0) is 4.65 Å². The molecule has 3 heteroatoms. The summed E-state index contributed by atoms with van der Waals surface area (Å²) in [6, 6.07) is 0. The quantitative estimate of drug-likeness (QED) is 0.357. The van der Waals surface area contributed by atoms with Crippen LogP contribution < -0.4 is 5.73 Å². The van der Waals surface area contributed by atoms with Crippen molar-refractivity contribution in [3.63, 3.8) is 0 Å². The third kappa shape index (κ3) is 3.69. The van der Waals surface area contributed by atoms with Crippen LogP contribution in [0.25, 0.3) is 0 Å². The lowest BCUT2D eigenvalue weighted by Gasteiger charge is -2.13. The maximum atomic E-state index is 5.22. The predicted octanol–water partition coefficient (Wildman–Crippen LogP) is 1.51. The minimum Gasteiger partial charge on any atom is -0.424 e. The molecule has 0 radical (unpaired) electrons. The average Bonchev–Trinajstić information content (AvgIpc) is 1.89. The lowest BCUT2D eigenvalue weighted by Crippen LogP contribution is -2.22. The summed E-state index contributed by atoms with van der Waals surface area (Å²) >= 11 is 0. The molecule has 10 heavy (non-hydrogen) atoms. The molecule has 1 atom stereocenters. The zero-order valence-corrected chi connectivity index (χ0v) is 6.84. The van der Waals surface area contributed by atoms with Crippen molar-refractivity contribution in [2.45, 2.75) is 26.0 Å². The minimum atomic E-state index is 0.239. The van der Waals surface area contributed by atoms with Crippen molar-refractivity contribution in [3.05, 3.63) is 12.7 Å². The second kappa shape index (κ2) is 5.51. The highest BCUT2D eigenvalue weighted by atomic mass is 16.4. The van der Waals surface area contributed by atoms with Crippen molar-refractivity contribution in [2.24, 2.45) is 5.73 Å². The summed E-state index contributed by atoms with van der Waals surface area (Å²) in [5, 5.41) is 0. The van der Waals surface area contributed by atoms with Gasteiger partial charge in [-0.05, 0) is 12.2 Å². The molecule has 58 valence electrons. The van der Waals surface area contributed by atoms with Gasteiger partial charge in [-0.3, -0.25) is 0 Å². The summed E-state index contributed by atoms with van der Waals surface area (Å²) in [5.41, 5.74) is 5.22. The molecule has 0 fully saturated rings. The Bertz CT molecular complexity index is 97.6. The molecule has 0 amide bonds. The molecule has 0 aromatic carbocycles. The van der Waals surface area contributed by atoms with Gasteiger partial charge in [0, 0.05) is 0 Å². The first-order chi connectivity index (χ1) is 4.72. The van der Waals surface area contributed by atoms with Crippen molar-refractivity contribution in [3.8, 4) is 0 Å².